The van der Waals surface area contributed by atoms with Gasteiger partial charge < -0.3 is 10.6 Å². The van der Waals surface area contributed by atoms with Crippen LogP contribution < -0.4 is 10.6 Å². The molecule has 0 spiro atoms. The number of pyridine rings is 1. The highest BCUT2D eigenvalue weighted by atomic mass is 32.2. The van der Waals surface area contributed by atoms with Crippen LogP contribution in [-0.4, -0.2) is 65.0 Å². The van der Waals surface area contributed by atoms with Crippen molar-refractivity contribution in [2.24, 2.45) is 5.92 Å². The van der Waals surface area contributed by atoms with Crippen molar-refractivity contribution in [3.8, 4) is 5.69 Å². The Kier molecular flexibility index (Phi) is 8.35. The van der Waals surface area contributed by atoms with Crippen molar-refractivity contribution in [2.45, 2.75) is 36.9 Å². The molecule has 1 saturated heterocycles. The van der Waals surface area contributed by atoms with E-state index in [-0.39, 0.29) is 30.4 Å². The highest BCUT2D eigenvalue weighted by Gasteiger charge is 2.40. The quantitative estimate of drug-likeness (QED) is 0.405. The number of hydrogen-bond donors (Lipinski definition) is 2. The lowest BCUT2D eigenvalue weighted by molar-refractivity contribution is -0.141. The molecule has 39 heavy (non-hydrogen) atoms. The molecule has 0 radical (unpaired) electrons. The lowest BCUT2D eigenvalue weighted by Gasteiger charge is -2.36. The van der Waals surface area contributed by atoms with E-state index >= 15 is 0 Å². The van der Waals surface area contributed by atoms with Crippen LogP contribution in [0.1, 0.15) is 35.8 Å². The maximum absolute atomic E-state index is 13.5. The maximum Gasteiger partial charge on any atom is 0.435 e. The van der Waals surface area contributed by atoms with Crippen LogP contribution in [-0.2, 0) is 21.0 Å². The number of carbonyl (C=O) groups excluding carboxylic acids is 2. The number of rotatable bonds is 8. The third-order valence-corrected chi connectivity index (χ3v) is 8.38. The molecule has 2 amide bonds. The molecular formula is C25H27F3N6O4S. The smallest absolute Gasteiger partial charge is 0.354 e. The molecule has 3 aromatic rings. The minimum Gasteiger partial charge on any atom is -0.354 e. The van der Waals surface area contributed by atoms with Crippen LogP contribution >= 0.6 is 0 Å². The second-order valence-corrected chi connectivity index (χ2v) is 11.0. The highest BCUT2D eigenvalue weighted by molar-refractivity contribution is 7.89. The number of aromatic nitrogens is 3. The van der Waals surface area contributed by atoms with Gasteiger partial charge in [0, 0.05) is 50.2 Å². The number of sulfonamides is 1. The Labute approximate surface area is 223 Å². The molecule has 14 heteroatoms. The van der Waals surface area contributed by atoms with Crippen molar-refractivity contribution < 1.29 is 31.2 Å². The Balaban J connectivity index is 1.30. The van der Waals surface area contributed by atoms with Crippen LogP contribution in [0.25, 0.3) is 5.69 Å². The number of benzene rings is 1. The van der Waals surface area contributed by atoms with Gasteiger partial charge in [0.05, 0.1) is 11.3 Å². The molecule has 10 nitrogen and oxygen atoms in total. The minimum absolute atomic E-state index is 0.0126. The fourth-order valence-corrected chi connectivity index (χ4v) is 6.07. The van der Waals surface area contributed by atoms with E-state index in [1.165, 1.54) is 28.8 Å². The summed E-state index contributed by atoms with van der Waals surface area (Å²) in [4.78, 5) is 29.2. The average Bonchev–Trinajstić information content (AvgIpc) is 3.38. The predicted molar refractivity (Wildman–Crippen MR) is 134 cm³/mol. The Bertz CT molecular complexity index is 1410. The summed E-state index contributed by atoms with van der Waals surface area (Å²) >= 11 is 0. The summed E-state index contributed by atoms with van der Waals surface area (Å²) in [5, 5.41) is 8.61. The topological polar surface area (TPSA) is 126 Å². The number of halogens is 3. The van der Waals surface area contributed by atoms with Crippen molar-refractivity contribution in [3.05, 3.63) is 72.3 Å². The zero-order valence-corrected chi connectivity index (χ0v) is 21.7. The van der Waals surface area contributed by atoms with Gasteiger partial charge in [0.15, 0.2) is 5.69 Å². The predicted octanol–water partition coefficient (Wildman–Crippen LogP) is 2.62. The molecule has 0 aliphatic carbocycles. The summed E-state index contributed by atoms with van der Waals surface area (Å²) in [6.07, 6.45) is -0.466. The maximum atomic E-state index is 13.5. The molecule has 1 fully saturated rings. The summed E-state index contributed by atoms with van der Waals surface area (Å²) in [5.74, 6) is -1.74. The first-order valence-corrected chi connectivity index (χ1v) is 13.6. The number of carbonyl (C=O) groups is 2. The highest BCUT2D eigenvalue weighted by Crippen LogP contribution is 2.31. The number of alkyl halides is 3. The monoisotopic (exact) mass is 564 g/mol. The SMILES string of the molecule is CC1CC(C(=O)NCCNC(=O)c2cn(-c3ccccc3)nc2C(F)(F)F)CCN1S(=O)(=O)c1cccnc1. The van der Waals surface area contributed by atoms with Gasteiger partial charge in [-0.25, -0.2) is 13.1 Å². The molecule has 2 unspecified atom stereocenters. The van der Waals surface area contributed by atoms with Crippen LogP contribution in [0.3, 0.4) is 0 Å². The lowest BCUT2D eigenvalue weighted by Crippen LogP contribution is -2.48. The second-order valence-electron chi connectivity index (χ2n) is 9.09. The largest absolute Gasteiger partial charge is 0.435 e. The average molecular weight is 565 g/mol. The summed E-state index contributed by atoms with van der Waals surface area (Å²) < 4.78 is 68.7. The van der Waals surface area contributed by atoms with Crippen molar-refractivity contribution >= 4 is 21.8 Å². The minimum atomic E-state index is -4.84. The van der Waals surface area contributed by atoms with Crippen molar-refractivity contribution in [1.82, 2.24) is 29.7 Å². The van der Waals surface area contributed by atoms with Gasteiger partial charge in [-0.05, 0) is 44.0 Å². The van der Waals surface area contributed by atoms with Crippen LogP contribution in [0.4, 0.5) is 13.2 Å². The molecule has 1 aliphatic rings. The van der Waals surface area contributed by atoms with Gasteiger partial charge in [-0.1, -0.05) is 18.2 Å². The van der Waals surface area contributed by atoms with E-state index < -0.39 is 45.3 Å². The summed E-state index contributed by atoms with van der Waals surface area (Å²) in [5.41, 5.74) is -1.58. The zero-order chi connectivity index (χ0) is 28.2. The first-order valence-electron chi connectivity index (χ1n) is 12.2. The van der Waals surface area contributed by atoms with Crippen molar-refractivity contribution in [3.63, 3.8) is 0 Å². The van der Waals surface area contributed by atoms with Gasteiger partial charge >= 0.3 is 6.18 Å². The molecule has 4 rings (SSSR count). The van der Waals surface area contributed by atoms with E-state index in [0.717, 1.165) is 10.9 Å². The third kappa shape index (κ3) is 6.45. The first kappa shape index (κ1) is 28.2. The van der Waals surface area contributed by atoms with E-state index in [9.17, 15) is 31.2 Å². The van der Waals surface area contributed by atoms with Gasteiger partial charge in [0.2, 0.25) is 15.9 Å². The molecule has 208 valence electrons. The molecule has 0 bridgehead atoms. The molecule has 1 aromatic carbocycles. The Morgan fingerprint density at radius 2 is 1.79 bits per heavy atom. The molecular weight excluding hydrogens is 537 g/mol. The van der Waals surface area contributed by atoms with E-state index in [1.807, 2.05) is 0 Å². The second kappa shape index (κ2) is 11.5. The Morgan fingerprint density at radius 1 is 1.08 bits per heavy atom. The summed E-state index contributed by atoms with van der Waals surface area (Å²) in [6, 6.07) is 10.7. The number of amides is 2. The van der Waals surface area contributed by atoms with E-state index in [1.54, 1.807) is 37.3 Å². The molecule has 2 aromatic heterocycles. The molecule has 1 aliphatic heterocycles. The van der Waals surface area contributed by atoms with E-state index in [2.05, 4.69) is 20.7 Å². The van der Waals surface area contributed by atoms with Gasteiger partial charge in [0.1, 0.15) is 4.90 Å². The molecule has 3 heterocycles. The van der Waals surface area contributed by atoms with Crippen LogP contribution in [0.15, 0.2) is 66.0 Å². The lowest BCUT2D eigenvalue weighted by atomic mass is 9.92. The number of para-hydroxylation sites is 1. The number of piperidine rings is 1. The van der Waals surface area contributed by atoms with Crippen molar-refractivity contribution in [2.75, 3.05) is 19.6 Å². The normalized spacial score (nSPS) is 18.5. The van der Waals surface area contributed by atoms with Crippen LogP contribution in [0, 0.1) is 5.92 Å². The fraction of sp³-hybridized carbons (Fsp3) is 0.360. The third-order valence-electron chi connectivity index (χ3n) is 6.38. The standard InChI is InChI=1S/C25H27F3N6O4S/c1-17-14-18(9-13-34(17)39(37,38)20-8-5-10-29-15-20)23(35)30-11-12-31-24(36)21-16-33(19-6-3-2-4-7-19)32-22(21)25(26,27)28/h2-8,10,15-18H,9,11-14H2,1H3,(H,30,35)(H,31,36). The summed E-state index contributed by atoms with van der Waals surface area (Å²) in [6.45, 7) is 1.75. The van der Waals surface area contributed by atoms with Gasteiger partial charge in [0.25, 0.3) is 5.91 Å². The first-order chi connectivity index (χ1) is 18.5. The fourth-order valence-electron chi connectivity index (χ4n) is 4.44. The van der Waals surface area contributed by atoms with Crippen LogP contribution in [0.5, 0.6) is 0 Å². The molecule has 0 saturated carbocycles. The number of nitrogens with one attached hydrogen (secondary N) is 2. The zero-order valence-electron chi connectivity index (χ0n) is 20.9. The van der Waals surface area contributed by atoms with Crippen LogP contribution in [0.2, 0.25) is 0 Å². The van der Waals surface area contributed by atoms with E-state index in [4.69, 9.17) is 0 Å². The Morgan fingerprint density at radius 3 is 2.44 bits per heavy atom. The van der Waals surface area contributed by atoms with Gasteiger partial charge in [-0.2, -0.15) is 22.6 Å². The van der Waals surface area contributed by atoms with Gasteiger partial charge in [-0.15, -0.1) is 0 Å². The molecule has 2 atom stereocenters. The van der Waals surface area contributed by atoms with E-state index in [0.29, 0.717) is 18.5 Å². The Hall–Kier alpha value is -3.78. The van der Waals surface area contributed by atoms with Crippen molar-refractivity contribution in [1.29, 1.82) is 0 Å². The number of hydrogen-bond acceptors (Lipinski definition) is 6. The molecule has 2 N–H and O–H groups in total. The van der Waals surface area contributed by atoms with Gasteiger partial charge in [-0.3, -0.25) is 14.6 Å². The number of nitrogens with zero attached hydrogens (tertiary/aromatic N) is 4. The summed E-state index contributed by atoms with van der Waals surface area (Å²) in [7, 11) is -3.74.